The van der Waals surface area contributed by atoms with Gasteiger partial charge in [-0.1, -0.05) is 25.6 Å². The summed E-state index contributed by atoms with van der Waals surface area (Å²) in [6.07, 6.45) is 3.06. The molecular weight excluding hydrogens is 629 g/mol. The van der Waals surface area contributed by atoms with Crippen LogP contribution in [0.3, 0.4) is 0 Å². The smallest absolute Gasteiger partial charge is 0.320 e. The highest BCUT2D eigenvalue weighted by atomic mass is 32.1. The Hall–Kier alpha value is -4.41. The second-order valence-corrected chi connectivity index (χ2v) is 13.4. The third-order valence-electron chi connectivity index (χ3n) is 9.80. The molecule has 9 nitrogen and oxygen atoms in total. The number of benzene rings is 2. The van der Waals surface area contributed by atoms with Crippen LogP contribution >= 0.6 is 11.3 Å². The minimum absolute atomic E-state index is 0.0586. The lowest BCUT2D eigenvalue weighted by molar-refractivity contribution is -0.127. The third kappa shape index (κ3) is 5.14. The molecule has 3 aliphatic heterocycles. The van der Waals surface area contributed by atoms with E-state index in [1.165, 1.54) is 24.3 Å². The van der Waals surface area contributed by atoms with Gasteiger partial charge >= 0.3 is 6.01 Å². The van der Waals surface area contributed by atoms with Crippen LogP contribution in [0.2, 0.25) is 0 Å². The standard InChI is InChI=1S/C34H33F3N6O3S/c1-4-23-24(11-14-43(23)25(44)5-2)46-32-21-8-7-20(19-9-10-22(36)30-26(19)29(39-3)31(38)47-30)27(37)28(21)40-33(41-32)45-17-34-12-6-13-42(34)16-18(35)15-34/h5,7-10,18,23-24H,2,4,6,11-17,38H2,1H3. The van der Waals surface area contributed by atoms with Gasteiger partial charge in [0, 0.05) is 36.9 Å². The fourth-order valence-corrected chi connectivity index (χ4v) is 8.55. The number of carbonyl (C=O) groups is 1. The number of hydrogen-bond donors (Lipinski definition) is 1. The minimum Gasteiger partial charge on any atom is -0.471 e. The van der Waals surface area contributed by atoms with Crippen LogP contribution in [0.1, 0.15) is 39.0 Å². The molecule has 5 heterocycles. The molecule has 0 bridgehead atoms. The van der Waals surface area contributed by atoms with Crippen molar-refractivity contribution in [3.05, 3.63) is 60.0 Å². The summed E-state index contributed by atoms with van der Waals surface area (Å²) in [6.45, 7) is 14.9. The van der Waals surface area contributed by atoms with E-state index in [4.69, 9.17) is 21.8 Å². The Kier molecular flexibility index (Phi) is 7.96. The molecule has 4 unspecified atom stereocenters. The SMILES string of the molecule is [C-]#[N+]c1c(N)sc2c(F)ccc(-c3ccc4c(OC5CCN(C(=O)C=C)C5CC)nc(OCC56CCCN5CC(F)C6)nc4c3F)c12. The van der Waals surface area contributed by atoms with Crippen LogP contribution in [0.4, 0.5) is 23.9 Å². The summed E-state index contributed by atoms with van der Waals surface area (Å²) in [6, 6.07) is 5.42. The van der Waals surface area contributed by atoms with Gasteiger partial charge in [0.1, 0.15) is 30.2 Å². The van der Waals surface area contributed by atoms with Crippen molar-refractivity contribution in [3.8, 4) is 23.0 Å². The van der Waals surface area contributed by atoms with Crippen molar-refractivity contribution in [2.24, 2.45) is 0 Å². The first-order valence-corrected chi connectivity index (χ1v) is 16.5. The maximum atomic E-state index is 16.7. The van der Waals surface area contributed by atoms with Gasteiger partial charge in [-0.25, -0.2) is 18.0 Å². The summed E-state index contributed by atoms with van der Waals surface area (Å²) < 4.78 is 58.8. The zero-order valence-corrected chi connectivity index (χ0v) is 26.6. The van der Waals surface area contributed by atoms with Crippen molar-refractivity contribution in [2.75, 3.05) is 32.0 Å². The summed E-state index contributed by atoms with van der Waals surface area (Å²) in [5.74, 6) is -1.40. The van der Waals surface area contributed by atoms with Crippen LogP contribution in [0.15, 0.2) is 36.9 Å². The topological polar surface area (TPSA) is 98.2 Å². The molecule has 2 N–H and O–H groups in total. The lowest BCUT2D eigenvalue weighted by atomic mass is 9.95. The molecule has 0 radical (unpaired) electrons. The van der Waals surface area contributed by atoms with Crippen molar-refractivity contribution in [3.63, 3.8) is 0 Å². The highest BCUT2D eigenvalue weighted by Crippen LogP contribution is 2.47. The summed E-state index contributed by atoms with van der Waals surface area (Å²) in [5.41, 5.74) is 5.92. The van der Waals surface area contributed by atoms with E-state index in [0.29, 0.717) is 37.9 Å². The number of alkyl halides is 1. The number of hydrogen-bond acceptors (Lipinski definition) is 8. The molecule has 0 spiro atoms. The van der Waals surface area contributed by atoms with Crippen molar-refractivity contribution in [1.29, 1.82) is 0 Å². The first-order chi connectivity index (χ1) is 22.7. The third-order valence-corrected chi connectivity index (χ3v) is 10.8. The van der Waals surface area contributed by atoms with E-state index in [0.717, 1.165) is 30.7 Å². The summed E-state index contributed by atoms with van der Waals surface area (Å²) in [5, 5.41) is 0.653. The number of anilines is 1. The van der Waals surface area contributed by atoms with Gasteiger partial charge in [-0.05, 0) is 49.6 Å². The number of likely N-dealkylation sites (tertiary alicyclic amines) is 1. The monoisotopic (exact) mass is 662 g/mol. The molecule has 0 saturated carbocycles. The van der Waals surface area contributed by atoms with E-state index in [9.17, 15) is 13.6 Å². The Morgan fingerprint density at radius 2 is 2.06 bits per heavy atom. The molecule has 3 aliphatic rings. The highest BCUT2D eigenvalue weighted by molar-refractivity contribution is 7.23. The van der Waals surface area contributed by atoms with Crippen molar-refractivity contribution >= 4 is 48.9 Å². The number of aromatic nitrogens is 2. The average molecular weight is 663 g/mol. The number of ether oxygens (including phenoxy) is 2. The van der Waals surface area contributed by atoms with Gasteiger partial charge in [0.15, 0.2) is 5.82 Å². The number of carbonyl (C=O) groups excluding carboxylic acids is 1. The molecule has 2 aromatic carbocycles. The molecule has 3 fully saturated rings. The number of thiophene rings is 1. The molecule has 4 aromatic rings. The van der Waals surface area contributed by atoms with Crippen LogP contribution in [0.5, 0.6) is 11.9 Å². The average Bonchev–Trinajstić information content (AvgIpc) is 3.81. The van der Waals surface area contributed by atoms with E-state index >= 15 is 4.39 Å². The second-order valence-electron chi connectivity index (χ2n) is 12.4. The van der Waals surface area contributed by atoms with Gasteiger partial charge in [-0.3, -0.25) is 9.69 Å². The minimum atomic E-state index is -0.955. The Labute approximate surface area is 273 Å². The number of nitrogens with zero attached hydrogens (tertiary/aromatic N) is 5. The first-order valence-electron chi connectivity index (χ1n) is 15.7. The molecule has 1 amide bonds. The highest BCUT2D eigenvalue weighted by Gasteiger charge is 2.49. The fraction of sp³-hybridized carbons (Fsp3) is 0.412. The van der Waals surface area contributed by atoms with Gasteiger partial charge in [0.2, 0.25) is 17.5 Å². The van der Waals surface area contributed by atoms with Crippen LogP contribution in [0.25, 0.3) is 37.0 Å². The van der Waals surface area contributed by atoms with E-state index in [1.807, 2.05) is 6.92 Å². The Bertz CT molecular complexity index is 1960. The van der Waals surface area contributed by atoms with E-state index < -0.39 is 29.4 Å². The van der Waals surface area contributed by atoms with E-state index in [-0.39, 0.29) is 67.7 Å². The number of rotatable bonds is 8. The molecule has 7 rings (SSSR count). The van der Waals surface area contributed by atoms with Gasteiger partial charge in [0.25, 0.3) is 0 Å². The molecule has 2 aromatic heterocycles. The molecule has 47 heavy (non-hydrogen) atoms. The molecule has 4 atom stereocenters. The number of fused-ring (bicyclic) bond motifs is 3. The molecule has 3 saturated heterocycles. The molecule has 244 valence electrons. The van der Waals surface area contributed by atoms with Crippen LogP contribution in [0, 0.1) is 18.2 Å². The summed E-state index contributed by atoms with van der Waals surface area (Å²) in [4.78, 5) is 28.9. The summed E-state index contributed by atoms with van der Waals surface area (Å²) >= 11 is 0.939. The molecule has 13 heteroatoms. The van der Waals surface area contributed by atoms with Crippen LogP contribution in [-0.4, -0.2) is 75.8 Å². The van der Waals surface area contributed by atoms with Crippen LogP contribution in [-0.2, 0) is 4.79 Å². The van der Waals surface area contributed by atoms with Gasteiger partial charge in [0.05, 0.1) is 33.2 Å². The predicted molar refractivity (Wildman–Crippen MR) is 175 cm³/mol. The number of nitrogens with two attached hydrogens (primary N) is 1. The maximum Gasteiger partial charge on any atom is 0.320 e. The lowest BCUT2D eigenvalue weighted by Gasteiger charge is -2.31. The Balaban J connectivity index is 1.33. The summed E-state index contributed by atoms with van der Waals surface area (Å²) in [7, 11) is 0. The Morgan fingerprint density at radius 3 is 2.83 bits per heavy atom. The maximum absolute atomic E-state index is 16.7. The Morgan fingerprint density at radius 1 is 1.26 bits per heavy atom. The number of amides is 1. The zero-order chi connectivity index (χ0) is 33.0. The van der Waals surface area contributed by atoms with Crippen LogP contribution < -0.4 is 15.2 Å². The zero-order valence-electron chi connectivity index (χ0n) is 25.8. The number of nitrogen functional groups attached to an aromatic ring is 1. The predicted octanol–water partition coefficient (Wildman–Crippen LogP) is 6.82. The van der Waals surface area contributed by atoms with E-state index in [2.05, 4.69) is 26.3 Å². The van der Waals surface area contributed by atoms with Gasteiger partial charge < -0.3 is 20.1 Å². The van der Waals surface area contributed by atoms with Crippen molar-refractivity contribution in [1.82, 2.24) is 19.8 Å². The molecular formula is C34H33F3N6O3S. The fourth-order valence-electron chi connectivity index (χ4n) is 7.61. The first kappa shape index (κ1) is 31.2. The quantitative estimate of drug-likeness (QED) is 0.163. The molecule has 0 aliphatic carbocycles. The van der Waals surface area contributed by atoms with Gasteiger partial charge in [-0.2, -0.15) is 9.97 Å². The lowest BCUT2D eigenvalue weighted by Crippen LogP contribution is -2.43. The van der Waals surface area contributed by atoms with E-state index in [1.54, 1.807) is 11.0 Å². The second kappa shape index (κ2) is 12.0. The normalized spacial score (nSPS) is 24.1. The van der Waals surface area contributed by atoms with Crippen molar-refractivity contribution < 1.29 is 27.4 Å². The number of halogens is 3. The van der Waals surface area contributed by atoms with Crippen molar-refractivity contribution in [2.45, 2.75) is 62.9 Å². The largest absolute Gasteiger partial charge is 0.471 e. The van der Waals surface area contributed by atoms with Gasteiger partial charge in [-0.15, -0.1) is 11.3 Å².